The van der Waals surface area contributed by atoms with Crippen LogP contribution in [0, 0.1) is 11.2 Å². The number of halogens is 1. The van der Waals surface area contributed by atoms with E-state index in [1.165, 1.54) is 12.1 Å². The fraction of sp³-hybridized carbons (Fsp3) is 0.400. The summed E-state index contributed by atoms with van der Waals surface area (Å²) in [6.07, 6.45) is 2.46. The van der Waals surface area contributed by atoms with E-state index in [1.807, 2.05) is 0 Å². The number of nitrogens with zero attached hydrogens (tertiary/aromatic N) is 1. The van der Waals surface area contributed by atoms with Crippen molar-refractivity contribution in [2.45, 2.75) is 25.7 Å². The van der Waals surface area contributed by atoms with Gasteiger partial charge in [-0.05, 0) is 25.0 Å². The first-order chi connectivity index (χ1) is 10.5. The van der Waals surface area contributed by atoms with Crippen LogP contribution in [0.2, 0.25) is 0 Å². The van der Waals surface area contributed by atoms with Crippen LogP contribution in [0.5, 0.6) is 0 Å². The lowest BCUT2D eigenvalue weighted by molar-refractivity contribution is -0.146. The van der Waals surface area contributed by atoms with Gasteiger partial charge >= 0.3 is 5.97 Å². The Kier molecular flexibility index (Phi) is 3.35. The minimum absolute atomic E-state index is 0.124. The first kappa shape index (κ1) is 14.5. The number of carbonyl (C=O) groups excluding carboxylic acids is 3. The highest BCUT2D eigenvalue weighted by molar-refractivity contribution is 6.04. The van der Waals surface area contributed by atoms with Crippen molar-refractivity contribution < 1.29 is 23.5 Å². The van der Waals surface area contributed by atoms with Gasteiger partial charge in [0.1, 0.15) is 5.82 Å². The maximum Gasteiger partial charge on any atom is 0.340 e. The number of nitrogens with one attached hydrogen (secondary N) is 1. The van der Waals surface area contributed by atoms with Gasteiger partial charge in [-0.2, -0.15) is 0 Å². The van der Waals surface area contributed by atoms with E-state index in [-0.39, 0.29) is 29.5 Å². The Balaban J connectivity index is 1.85. The maximum absolute atomic E-state index is 13.9. The molecule has 1 saturated heterocycles. The smallest absolute Gasteiger partial charge is 0.340 e. The fourth-order valence-electron chi connectivity index (χ4n) is 2.87. The Labute approximate surface area is 126 Å². The highest BCUT2D eigenvalue weighted by Gasteiger charge is 2.50. The van der Waals surface area contributed by atoms with E-state index < -0.39 is 17.2 Å². The lowest BCUT2D eigenvalue weighted by Crippen LogP contribution is -2.61. The first-order valence-electron chi connectivity index (χ1n) is 6.99. The van der Waals surface area contributed by atoms with E-state index in [1.54, 1.807) is 0 Å². The lowest BCUT2D eigenvalue weighted by atomic mass is 9.65. The molecule has 1 aliphatic heterocycles. The second-order valence-corrected chi connectivity index (χ2v) is 5.64. The number of hydrogen-bond donors (Lipinski definition) is 1. The number of methoxy groups -OCH3 is 1. The van der Waals surface area contributed by atoms with Crippen molar-refractivity contribution in [1.82, 2.24) is 5.43 Å². The van der Waals surface area contributed by atoms with Crippen LogP contribution in [0.15, 0.2) is 18.2 Å². The molecule has 2 aliphatic rings. The Bertz CT molecular complexity index is 670. The van der Waals surface area contributed by atoms with Gasteiger partial charge in [0.25, 0.3) is 0 Å². The molecule has 0 radical (unpaired) electrons. The molecule has 1 aliphatic carbocycles. The van der Waals surface area contributed by atoms with Crippen LogP contribution in [-0.2, 0) is 14.3 Å². The number of hydrogen-bond acceptors (Lipinski definition) is 4. The van der Waals surface area contributed by atoms with Crippen LogP contribution in [0.25, 0.3) is 0 Å². The number of rotatable bonds is 2. The number of carbonyl (C=O) groups is 3. The lowest BCUT2D eigenvalue weighted by Gasteiger charge is -2.45. The predicted octanol–water partition coefficient (Wildman–Crippen LogP) is 1.55. The molecule has 0 bridgehead atoms. The number of amides is 2. The summed E-state index contributed by atoms with van der Waals surface area (Å²) in [6.45, 7) is 0. The largest absolute Gasteiger partial charge is 0.465 e. The summed E-state index contributed by atoms with van der Waals surface area (Å²) in [5.41, 5.74) is 1.90. The average molecular weight is 306 g/mol. The summed E-state index contributed by atoms with van der Waals surface area (Å²) in [4.78, 5) is 35.8. The predicted molar refractivity (Wildman–Crippen MR) is 74.3 cm³/mol. The quantitative estimate of drug-likeness (QED) is 0.841. The molecule has 3 rings (SSSR count). The summed E-state index contributed by atoms with van der Waals surface area (Å²) in [7, 11) is 1.15. The van der Waals surface area contributed by atoms with Gasteiger partial charge in [-0.25, -0.2) is 14.2 Å². The van der Waals surface area contributed by atoms with E-state index in [4.69, 9.17) is 0 Å². The van der Waals surface area contributed by atoms with Gasteiger partial charge in [-0.15, -0.1) is 0 Å². The van der Waals surface area contributed by atoms with Gasteiger partial charge in [-0.3, -0.25) is 15.0 Å². The van der Waals surface area contributed by atoms with Gasteiger partial charge in [-0.1, -0.05) is 6.42 Å². The van der Waals surface area contributed by atoms with E-state index in [0.29, 0.717) is 12.8 Å². The molecule has 7 heteroatoms. The van der Waals surface area contributed by atoms with Crippen molar-refractivity contribution in [1.29, 1.82) is 0 Å². The van der Waals surface area contributed by atoms with Crippen LogP contribution >= 0.6 is 0 Å². The van der Waals surface area contributed by atoms with Crippen LogP contribution in [0.1, 0.15) is 36.0 Å². The molecule has 1 aromatic rings. The number of hydrazine groups is 1. The Hall–Kier alpha value is -2.44. The Morgan fingerprint density at radius 1 is 1.36 bits per heavy atom. The van der Waals surface area contributed by atoms with E-state index in [2.05, 4.69) is 10.2 Å². The Morgan fingerprint density at radius 2 is 2.09 bits per heavy atom. The highest BCUT2D eigenvalue weighted by atomic mass is 19.1. The minimum atomic E-state index is -0.810. The summed E-state index contributed by atoms with van der Waals surface area (Å²) < 4.78 is 18.4. The zero-order valence-corrected chi connectivity index (χ0v) is 12.0. The van der Waals surface area contributed by atoms with Crippen molar-refractivity contribution >= 4 is 23.5 Å². The van der Waals surface area contributed by atoms with Crippen molar-refractivity contribution in [3.05, 3.63) is 29.6 Å². The molecule has 6 nitrogen and oxygen atoms in total. The molecule has 116 valence electrons. The van der Waals surface area contributed by atoms with Crippen molar-refractivity contribution in [3.8, 4) is 0 Å². The number of anilines is 1. The number of benzene rings is 1. The zero-order chi connectivity index (χ0) is 15.9. The SMILES string of the molecule is COC(=O)c1ccc(N2NC(=O)C3(CCC3)CC2=O)cc1F. The first-order valence-corrected chi connectivity index (χ1v) is 6.99. The molecule has 1 aromatic carbocycles. The van der Waals surface area contributed by atoms with Gasteiger partial charge < -0.3 is 4.74 Å². The maximum atomic E-state index is 13.9. The van der Waals surface area contributed by atoms with Crippen LogP contribution in [-0.4, -0.2) is 24.9 Å². The molecule has 1 spiro atoms. The van der Waals surface area contributed by atoms with Gasteiger partial charge in [0.15, 0.2) is 0 Å². The molecule has 1 N–H and O–H groups in total. The Morgan fingerprint density at radius 3 is 2.64 bits per heavy atom. The van der Waals surface area contributed by atoms with Crippen molar-refractivity contribution in [2.24, 2.45) is 5.41 Å². The molecule has 0 atom stereocenters. The molecular weight excluding hydrogens is 291 g/mol. The van der Waals surface area contributed by atoms with Crippen LogP contribution in [0.3, 0.4) is 0 Å². The topological polar surface area (TPSA) is 75.7 Å². The van der Waals surface area contributed by atoms with Gasteiger partial charge in [0.05, 0.1) is 23.8 Å². The molecule has 2 amide bonds. The standard InChI is InChI=1S/C15H15FN2O4/c1-22-13(20)10-4-3-9(7-11(10)16)18-12(19)8-15(5-2-6-15)14(21)17-18/h3-4,7H,2,5-6,8H2,1H3,(H,17,21). The summed E-state index contributed by atoms with van der Waals surface area (Å²) in [6, 6.07) is 3.65. The molecular formula is C15H15FN2O4. The third-order valence-corrected chi connectivity index (χ3v) is 4.36. The normalized spacial score (nSPS) is 19.6. The van der Waals surface area contributed by atoms with E-state index in [9.17, 15) is 18.8 Å². The monoisotopic (exact) mass is 306 g/mol. The minimum Gasteiger partial charge on any atom is -0.465 e. The van der Waals surface area contributed by atoms with Gasteiger partial charge in [0, 0.05) is 12.5 Å². The molecule has 1 saturated carbocycles. The fourth-order valence-corrected chi connectivity index (χ4v) is 2.87. The summed E-state index contributed by atoms with van der Waals surface area (Å²) >= 11 is 0. The van der Waals surface area contributed by atoms with Crippen LogP contribution < -0.4 is 10.4 Å². The second kappa shape index (κ2) is 5.08. The number of ether oxygens (including phenoxy) is 1. The number of esters is 1. The molecule has 0 unspecified atom stereocenters. The third-order valence-electron chi connectivity index (χ3n) is 4.36. The zero-order valence-electron chi connectivity index (χ0n) is 12.0. The summed E-state index contributed by atoms with van der Waals surface area (Å²) in [5, 5.41) is 1.04. The van der Waals surface area contributed by atoms with E-state index >= 15 is 0 Å². The van der Waals surface area contributed by atoms with E-state index in [0.717, 1.165) is 24.6 Å². The van der Waals surface area contributed by atoms with Crippen LogP contribution in [0.4, 0.5) is 10.1 Å². The molecule has 22 heavy (non-hydrogen) atoms. The third kappa shape index (κ3) is 2.13. The molecule has 1 heterocycles. The average Bonchev–Trinajstić information content (AvgIpc) is 2.46. The highest BCUT2D eigenvalue weighted by Crippen LogP contribution is 2.46. The second-order valence-electron chi connectivity index (χ2n) is 5.64. The summed E-state index contributed by atoms with van der Waals surface area (Å²) in [5.74, 6) is -2.11. The van der Waals surface area contributed by atoms with Crippen molar-refractivity contribution in [3.63, 3.8) is 0 Å². The van der Waals surface area contributed by atoms with Crippen molar-refractivity contribution in [2.75, 3.05) is 12.1 Å². The van der Waals surface area contributed by atoms with Gasteiger partial charge in [0.2, 0.25) is 11.8 Å². The molecule has 2 fully saturated rings. The molecule has 0 aromatic heterocycles.